The molecule has 1 rings (SSSR count). The molecule has 1 aromatic carbocycles. The number of benzene rings is 1. The van der Waals surface area contributed by atoms with E-state index in [1.165, 1.54) is 6.07 Å². The molecule has 0 bridgehead atoms. The highest BCUT2D eigenvalue weighted by Gasteiger charge is 2.15. The number of anilines is 1. The van der Waals surface area contributed by atoms with Crippen LogP contribution in [0.2, 0.25) is 0 Å². The number of nitro groups is 1. The standard InChI is InChI=1S/C11H16N2O2S/c1-8(2)16-7-9-5-4-6-10(13(14)15)11(9)12-3/h4-6,8,12H,7H2,1-3H3. The molecule has 4 nitrogen and oxygen atoms in total. The van der Waals surface area contributed by atoms with Crippen LogP contribution in [0.5, 0.6) is 0 Å². The number of nitrogens with one attached hydrogen (secondary N) is 1. The average Bonchev–Trinajstić information content (AvgIpc) is 2.25. The highest BCUT2D eigenvalue weighted by molar-refractivity contribution is 7.99. The highest BCUT2D eigenvalue weighted by atomic mass is 32.2. The summed E-state index contributed by atoms with van der Waals surface area (Å²) in [7, 11) is 1.71. The van der Waals surface area contributed by atoms with Crippen molar-refractivity contribution >= 4 is 23.1 Å². The summed E-state index contributed by atoms with van der Waals surface area (Å²) >= 11 is 1.77. The van der Waals surface area contributed by atoms with Gasteiger partial charge in [-0.3, -0.25) is 10.1 Å². The normalized spacial score (nSPS) is 10.5. The van der Waals surface area contributed by atoms with Crippen molar-refractivity contribution in [2.24, 2.45) is 0 Å². The SMILES string of the molecule is CNc1c(CSC(C)C)cccc1[N+](=O)[O-]. The highest BCUT2D eigenvalue weighted by Crippen LogP contribution is 2.31. The number of hydrogen-bond donors (Lipinski definition) is 1. The van der Waals surface area contributed by atoms with Crippen molar-refractivity contribution in [2.45, 2.75) is 24.9 Å². The number of nitrogens with zero attached hydrogens (tertiary/aromatic N) is 1. The molecule has 0 aliphatic rings. The quantitative estimate of drug-likeness (QED) is 0.634. The maximum atomic E-state index is 10.8. The van der Waals surface area contributed by atoms with Crippen LogP contribution in [-0.2, 0) is 5.75 Å². The fourth-order valence-electron chi connectivity index (χ4n) is 1.40. The molecule has 0 radical (unpaired) electrons. The molecule has 1 N–H and O–H groups in total. The van der Waals surface area contributed by atoms with Gasteiger partial charge in [-0.05, 0) is 10.8 Å². The molecule has 0 amide bonds. The third-order valence-corrected chi connectivity index (χ3v) is 3.29. The minimum absolute atomic E-state index is 0.143. The third kappa shape index (κ3) is 3.13. The lowest BCUT2D eigenvalue weighted by Crippen LogP contribution is -2.01. The minimum Gasteiger partial charge on any atom is -0.382 e. The lowest BCUT2D eigenvalue weighted by Gasteiger charge is -2.10. The van der Waals surface area contributed by atoms with Crippen LogP contribution >= 0.6 is 11.8 Å². The van der Waals surface area contributed by atoms with Crippen molar-refractivity contribution in [1.82, 2.24) is 0 Å². The van der Waals surface area contributed by atoms with Crippen molar-refractivity contribution in [3.8, 4) is 0 Å². The summed E-state index contributed by atoms with van der Waals surface area (Å²) in [6.45, 7) is 4.22. The average molecular weight is 240 g/mol. The molecule has 0 saturated heterocycles. The summed E-state index contributed by atoms with van der Waals surface area (Å²) in [4.78, 5) is 10.5. The molecule has 0 aliphatic carbocycles. The van der Waals surface area contributed by atoms with Crippen molar-refractivity contribution in [1.29, 1.82) is 0 Å². The summed E-state index contributed by atoms with van der Waals surface area (Å²) in [5, 5.41) is 14.3. The molecule has 0 aliphatic heterocycles. The van der Waals surface area contributed by atoms with Crippen LogP contribution in [0.4, 0.5) is 11.4 Å². The Bertz CT molecular complexity index is 380. The first-order valence-electron chi connectivity index (χ1n) is 5.12. The van der Waals surface area contributed by atoms with E-state index in [0.717, 1.165) is 11.3 Å². The zero-order valence-corrected chi connectivity index (χ0v) is 10.5. The second kappa shape index (κ2) is 5.75. The van der Waals surface area contributed by atoms with Crippen molar-refractivity contribution in [3.63, 3.8) is 0 Å². The van der Waals surface area contributed by atoms with E-state index in [1.807, 2.05) is 6.07 Å². The zero-order valence-electron chi connectivity index (χ0n) is 9.69. The Balaban J connectivity index is 2.99. The lowest BCUT2D eigenvalue weighted by atomic mass is 10.1. The Morgan fingerprint density at radius 1 is 1.50 bits per heavy atom. The molecule has 88 valence electrons. The van der Waals surface area contributed by atoms with E-state index in [2.05, 4.69) is 19.2 Å². The summed E-state index contributed by atoms with van der Waals surface area (Å²) in [6, 6.07) is 5.18. The predicted octanol–water partition coefficient (Wildman–Crippen LogP) is 3.28. The first kappa shape index (κ1) is 12.8. The Labute approximate surface area is 99.6 Å². The zero-order chi connectivity index (χ0) is 12.1. The van der Waals surface area contributed by atoms with Crippen molar-refractivity contribution < 1.29 is 4.92 Å². The lowest BCUT2D eigenvalue weighted by molar-refractivity contribution is -0.384. The number of hydrogen-bond acceptors (Lipinski definition) is 4. The van der Waals surface area contributed by atoms with Crippen LogP contribution in [0.25, 0.3) is 0 Å². The van der Waals surface area contributed by atoms with Crippen LogP contribution in [0.1, 0.15) is 19.4 Å². The molecule has 0 saturated carbocycles. The summed E-state index contributed by atoms with van der Waals surface area (Å²) in [5.74, 6) is 0.787. The minimum atomic E-state index is -0.352. The molecule has 0 aromatic heterocycles. The van der Waals surface area contributed by atoms with Crippen molar-refractivity contribution in [3.05, 3.63) is 33.9 Å². The topological polar surface area (TPSA) is 55.2 Å². The molecule has 0 atom stereocenters. The molecule has 5 heteroatoms. The summed E-state index contributed by atoms with van der Waals surface area (Å²) < 4.78 is 0. The molecule has 1 aromatic rings. The second-order valence-corrected chi connectivity index (χ2v) is 5.24. The first-order chi connectivity index (χ1) is 7.56. The van der Waals surface area contributed by atoms with E-state index in [0.29, 0.717) is 10.9 Å². The van der Waals surface area contributed by atoms with Gasteiger partial charge in [0.15, 0.2) is 0 Å². The Hall–Kier alpha value is -1.23. The third-order valence-electron chi connectivity index (χ3n) is 2.15. The van der Waals surface area contributed by atoms with E-state index < -0.39 is 0 Å². The Kier molecular flexibility index (Phi) is 4.61. The number of para-hydroxylation sites is 1. The van der Waals surface area contributed by atoms with Crippen LogP contribution < -0.4 is 5.32 Å². The van der Waals surface area contributed by atoms with E-state index in [9.17, 15) is 10.1 Å². The fourth-order valence-corrected chi connectivity index (χ4v) is 2.16. The number of thioether (sulfide) groups is 1. The molecule has 16 heavy (non-hydrogen) atoms. The predicted molar refractivity (Wildman–Crippen MR) is 69.1 cm³/mol. The monoisotopic (exact) mass is 240 g/mol. The first-order valence-corrected chi connectivity index (χ1v) is 6.16. The van der Waals surface area contributed by atoms with Gasteiger partial charge in [0.2, 0.25) is 0 Å². The van der Waals surface area contributed by atoms with Gasteiger partial charge in [0.25, 0.3) is 5.69 Å². The van der Waals surface area contributed by atoms with Gasteiger partial charge in [-0.15, -0.1) is 0 Å². The Morgan fingerprint density at radius 2 is 2.19 bits per heavy atom. The van der Waals surface area contributed by atoms with E-state index in [1.54, 1.807) is 24.9 Å². The summed E-state index contributed by atoms with van der Waals surface area (Å²) in [6.07, 6.45) is 0. The van der Waals surface area contributed by atoms with Gasteiger partial charge < -0.3 is 5.32 Å². The molecule has 0 unspecified atom stereocenters. The van der Waals surface area contributed by atoms with Crippen LogP contribution in [0, 0.1) is 10.1 Å². The van der Waals surface area contributed by atoms with Crippen LogP contribution in [-0.4, -0.2) is 17.2 Å². The van der Waals surface area contributed by atoms with Gasteiger partial charge in [-0.1, -0.05) is 26.0 Å². The van der Waals surface area contributed by atoms with Gasteiger partial charge in [0.1, 0.15) is 5.69 Å². The van der Waals surface area contributed by atoms with Gasteiger partial charge >= 0.3 is 0 Å². The van der Waals surface area contributed by atoms with Crippen molar-refractivity contribution in [2.75, 3.05) is 12.4 Å². The van der Waals surface area contributed by atoms with Gasteiger partial charge in [0.05, 0.1) is 4.92 Å². The maximum Gasteiger partial charge on any atom is 0.292 e. The number of rotatable bonds is 5. The van der Waals surface area contributed by atoms with E-state index in [4.69, 9.17) is 0 Å². The second-order valence-electron chi connectivity index (χ2n) is 3.68. The molecular formula is C11H16N2O2S. The molecule has 0 heterocycles. The molecular weight excluding hydrogens is 224 g/mol. The van der Waals surface area contributed by atoms with Crippen LogP contribution in [0.3, 0.4) is 0 Å². The fraction of sp³-hybridized carbons (Fsp3) is 0.455. The molecule has 0 spiro atoms. The van der Waals surface area contributed by atoms with Gasteiger partial charge in [0, 0.05) is 18.9 Å². The summed E-state index contributed by atoms with van der Waals surface area (Å²) in [5.41, 5.74) is 1.75. The molecule has 0 fully saturated rings. The van der Waals surface area contributed by atoms with Gasteiger partial charge in [-0.25, -0.2) is 0 Å². The van der Waals surface area contributed by atoms with Crippen LogP contribution in [0.15, 0.2) is 18.2 Å². The maximum absolute atomic E-state index is 10.8. The van der Waals surface area contributed by atoms with Gasteiger partial charge in [-0.2, -0.15) is 11.8 Å². The smallest absolute Gasteiger partial charge is 0.292 e. The number of nitro benzene ring substituents is 1. The Morgan fingerprint density at radius 3 is 2.69 bits per heavy atom. The van der Waals surface area contributed by atoms with E-state index in [-0.39, 0.29) is 10.6 Å². The largest absolute Gasteiger partial charge is 0.382 e. The van der Waals surface area contributed by atoms with E-state index >= 15 is 0 Å².